The number of alkyl halides is 3. The van der Waals surface area contributed by atoms with Gasteiger partial charge in [-0.1, -0.05) is 54.7 Å². The van der Waals surface area contributed by atoms with Gasteiger partial charge in [-0.05, 0) is 48.0 Å². The lowest BCUT2D eigenvalue weighted by Crippen LogP contribution is -2.47. The number of hydrogen-bond acceptors (Lipinski definition) is 10. The molecule has 0 radical (unpaired) electrons. The van der Waals surface area contributed by atoms with Gasteiger partial charge in [0.25, 0.3) is 0 Å². The van der Waals surface area contributed by atoms with Crippen LogP contribution in [0, 0.1) is 5.41 Å². The Labute approximate surface area is 262 Å². The number of amides is 1. The third kappa shape index (κ3) is 17.9. The van der Waals surface area contributed by atoms with Gasteiger partial charge in [-0.15, -0.1) is 0 Å². The first-order valence-electron chi connectivity index (χ1n) is 12.9. The van der Waals surface area contributed by atoms with Crippen molar-refractivity contribution in [2.24, 2.45) is 5.41 Å². The zero-order valence-electron chi connectivity index (χ0n) is 24.5. The molecule has 1 amide bonds. The van der Waals surface area contributed by atoms with E-state index in [9.17, 15) is 19.2 Å². The van der Waals surface area contributed by atoms with E-state index in [0.717, 1.165) is 6.42 Å². The zero-order valence-corrected chi connectivity index (χ0v) is 29.3. The molecule has 40 heavy (non-hydrogen) atoms. The summed E-state index contributed by atoms with van der Waals surface area (Å²) in [6.45, 7) is 12.3. The fourth-order valence-corrected chi connectivity index (χ4v) is 2.90. The molecule has 0 unspecified atom stereocenters. The molecule has 0 aliphatic carbocycles. The monoisotopic (exact) mass is 767 g/mol. The molecule has 0 heterocycles. The molecule has 1 N–H and O–H groups in total. The fraction of sp³-hybridized carbons (Fsp3) is 0.846. The lowest BCUT2D eigenvalue weighted by Gasteiger charge is -2.34. The number of carbonyl (C=O) groups excluding carboxylic acids is 4. The molecule has 0 spiro atoms. The second-order valence-corrected chi connectivity index (χ2v) is 16.7. The molecule has 14 heteroatoms. The van der Waals surface area contributed by atoms with Crippen molar-refractivity contribution in [2.45, 2.75) is 67.9 Å². The Kier molecular flexibility index (Phi) is 18.3. The average Bonchev–Trinajstić information content (AvgIpc) is 2.83. The third-order valence-corrected chi connectivity index (χ3v) is 5.89. The summed E-state index contributed by atoms with van der Waals surface area (Å²) in [5.74, 6) is -2.17. The topological polar surface area (TPSA) is 136 Å². The van der Waals surface area contributed by atoms with Crippen LogP contribution in [0.1, 0.15) is 54.9 Å². The Morgan fingerprint density at radius 2 is 1.00 bits per heavy atom. The summed E-state index contributed by atoms with van der Waals surface area (Å²) < 4.78 is 29.9. The van der Waals surface area contributed by atoms with E-state index >= 15 is 0 Å². The van der Waals surface area contributed by atoms with Crippen LogP contribution in [-0.2, 0) is 47.6 Å². The minimum Gasteiger partial charge on any atom is -0.464 e. The van der Waals surface area contributed by atoms with Crippen LogP contribution < -0.4 is 5.32 Å². The molecule has 0 fully saturated rings. The minimum absolute atomic E-state index is 0.229. The number of rotatable bonds is 21. The maximum Gasteiger partial charge on any atom is 0.322 e. The highest BCUT2D eigenvalue weighted by atomic mass is 79.9. The molecular formula is C26H44Br3NO10. The summed E-state index contributed by atoms with van der Waals surface area (Å²) in [4.78, 5) is 49.8. The molecule has 0 aliphatic heterocycles. The molecule has 0 bridgehead atoms. The van der Waals surface area contributed by atoms with Gasteiger partial charge in [-0.3, -0.25) is 19.2 Å². The number of carbonyl (C=O) groups is 4. The molecule has 0 aromatic carbocycles. The van der Waals surface area contributed by atoms with E-state index in [4.69, 9.17) is 28.4 Å². The number of hydrogen-bond donors (Lipinski definition) is 1. The first kappa shape index (κ1) is 39.2. The van der Waals surface area contributed by atoms with E-state index < -0.39 is 42.2 Å². The van der Waals surface area contributed by atoms with Crippen LogP contribution in [0.2, 0.25) is 0 Å². The Morgan fingerprint density at radius 3 is 1.38 bits per heavy atom. The van der Waals surface area contributed by atoms with E-state index in [-0.39, 0.29) is 39.6 Å². The minimum atomic E-state index is -1.31. The van der Waals surface area contributed by atoms with Crippen LogP contribution in [-0.4, -0.2) is 103 Å². The smallest absolute Gasteiger partial charge is 0.322 e. The lowest BCUT2D eigenvalue weighted by molar-refractivity contribution is -0.170. The highest BCUT2D eigenvalue weighted by molar-refractivity contribution is 9.10. The molecule has 0 rings (SSSR count). The predicted octanol–water partition coefficient (Wildman–Crippen LogP) is 3.70. The lowest BCUT2D eigenvalue weighted by atomic mass is 9.92. The van der Waals surface area contributed by atoms with Gasteiger partial charge in [0.2, 0.25) is 5.91 Å². The Hall–Kier alpha value is -0.800. The SMILES string of the molecule is CCCOCCOCCNC(=O)COCC(COC(=O)C(C)(C)Br)(COC(=O)C(C)(C)Br)COC(=O)C(C)(C)Br. The van der Waals surface area contributed by atoms with Crippen molar-refractivity contribution >= 4 is 71.6 Å². The van der Waals surface area contributed by atoms with Crippen molar-refractivity contribution in [3.05, 3.63) is 0 Å². The van der Waals surface area contributed by atoms with Crippen LogP contribution >= 0.6 is 47.8 Å². The van der Waals surface area contributed by atoms with Gasteiger partial charge in [0.05, 0.1) is 31.8 Å². The van der Waals surface area contributed by atoms with Crippen LogP contribution in [0.4, 0.5) is 0 Å². The number of esters is 3. The van der Waals surface area contributed by atoms with Crippen LogP contribution in [0.15, 0.2) is 0 Å². The maximum absolute atomic E-state index is 12.5. The summed E-state index contributed by atoms with van der Waals surface area (Å²) in [6.07, 6.45) is 0.933. The van der Waals surface area contributed by atoms with Crippen molar-refractivity contribution in [2.75, 3.05) is 66.0 Å². The molecule has 0 aromatic heterocycles. The number of ether oxygens (including phenoxy) is 6. The highest BCUT2D eigenvalue weighted by Gasteiger charge is 2.40. The number of nitrogens with one attached hydrogen (secondary N) is 1. The van der Waals surface area contributed by atoms with E-state index in [1.54, 1.807) is 41.5 Å². The van der Waals surface area contributed by atoms with Crippen LogP contribution in [0.25, 0.3) is 0 Å². The summed E-state index contributed by atoms with van der Waals surface area (Å²) in [7, 11) is 0. The van der Waals surface area contributed by atoms with E-state index in [1.165, 1.54) is 0 Å². The van der Waals surface area contributed by atoms with E-state index in [2.05, 4.69) is 53.1 Å². The summed E-state index contributed by atoms with van der Waals surface area (Å²) >= 11 is 9.75. The van der Waals surface area contributed by atoms with Gasteiger partial charge in [-0.25, -0.2) is 0 Å². The fourth-order valence-electron chi connectivity index (χ4n) is 2.56. The second-order valence-electron chi connectivity index (χ2n) is 10.7. The predicted molar refractivity (Wildman–Crippen MR) is 160 cm³/mol. The largest absolute Gasteiger partial charge is 0.464 e. The Balaban J connectivity index is 5.39. The normalized spacial score (nSPS) is 12.6. The van der Waals surface area contributed by atoms with Gasteiger partial charge >= 0.3 is 17.9 Å². The van der Waals surface area contributed by atoms with Gasteiger partial charge in [-0.2, -0.15) is 0 Å². The van der Waals surface area contributed by atoms with Crippen molar-refractivity contribution in [1.29, 1.82) is 0 Å². The quantitative estimate of drug-likeness (QED) is 0.0798. The average molecular weight is 770 g/mol. The molecule has 11 nitrogen and oxygen atoms in total. The first-order chi connectivity index (χ1) is 18.3. The Morgan fingerprint density at radius 1 is 0.600 bits per heavy atom. The Bertz CT molecular complexity index is 730. The molecule has 0 aromatic rings. The molecule has 0 aliphatic rings. The van der Waals surface area contributed by atoms with Crippen LogP contribution in [0.5, 0.6) is 0 Å². The van der Waals surface area contributed by atoms with Gasteiger partial charge < -0.3 is 33.7 Å². The van der Waals surface area contributed by atoms with E-state index in [1.807, 2.05) is 6.92 Å². The maximum atomic E-state index is 12.5. The van der Waals surface area contributed by atoms with Crippen molar-refractivity contribution in [3.63, 3.8) is 0 Å². The first-order valence-corrected chi connectivity index (χ1v) is 15.3. The van der Waals surface area contributed by atoms with Gasteiger partial charge in [0, 0.05) is 13.2 Å². The van der Waals surface area contributed by atoms with Crippen molar-refractivity contribution in [1.82, 2.24) is 5.32 Å². The summed E-state index contributed by atoms with van der Waals surface area (Å²) in [5, 5.41) is 2.68. The molecular weight excluding hydrogens is 726 g/mol. The van der Waals surface area contributed by atoms with Gasteiger partial charge in [0.15, 0.2) is 0 Å². The second kappa shape index (κ2) is 18.7. The molecule has 0 saturated carbocycles. The molecule has 0 saturated heterocycles. The van der Waals surface area contributed by atoms with Crippen LogP contribution in [0.3, 0.4) is 0 Å². The zero-order chi connectivity index (χ0) is 31.0. The van der Waals surface area contributed by atoms with Gasteiger partial charge in [0.1, 0.15) is 39.4 Å². The molecule has 0 atom stereocenters. The standard InChI is InChI=1S/C26H44Br3NO10/c1-8-10-35-12-13-36-11-9-30-19(31)14-37-15-26(16-38-20(32)23(2,3)27,17-39-21(33)24(4,5)28)18-40-22(34)25(6,7)29/h8-18H2,1-7H3,(H,30,31). The number of halogens is 3. The third-order valence-electron chi connectivity index (χ3n) is 4.91. The summed E-state index contributed by atoms with van der Waals surface area (Å²) in [5.41, 5.74) is -1.31. The molecule has 234 valence electrons. The van der Waals surface area contributed by atoms with Crippen molar-refractivity contribution in [3.8, 4) is 0 Å². The highest BCUT2D eigenvalue weighted by Crippen LogP contribution is 2.27. The van der Waals surface area contributed by atoms with E-state index in [0.29, 0.717) is 26.4 Å². The summed E-state index contributed by atoms with van der Waals surface area (Å²) in [6, 6.07) is 0. The van der Waals surface area contributed by atoms with Crippen molar-refractivity contribution < 1.29 is 47.6 Å².